The van der Waals surface area contributed by atoms with Crippen LogP contribution in [-0.4, -0.2) is 12.4 Å². The molecule has 0 heterocycles. The highest BCUT2D eigenvalue weighted by Crippen LogP contribution is 2.35. The second-order valence-electron chi connectivity index (χ2n) is 4.46. The summed E-state index contributed by atoms with van der Waals surface area (Å²) in [6, 6.07) is 10.5. The molecule has 0 saturated carbocycles. The predicted octanol–water partition coefficient (Wildman–Crippen LogP) is 5.47. The van der Waals surface area contributed by atoms with E-state index in [1.54, 1.807) is 12.1 Å². The van der Waals surface area contributed by atoms with Gasteiger partial charge in [0.2, 0.25) is 0 Å². The molecule has 0 amide bonds. The summed E-state index contributed by atoms with van der Waals surface area (Å²) < 4.78 is 5.42. The van der Waals surface area contributed by atoms with Crippen molar-refractivity contribution in [3.05, 3.63) is 62.6 Å². The van der Waals surface area contributed by atoms with Crippen LogP contribution in [0.4, 0.5) is 0 Å². The Morgan fingerprint density at radius 2 is 1.62 bits per heavy atom. The average Bonchev–Trinajstić information content (AvgIpc) is 2.46. The van der Waals surface area contributed by atoms with E-state index in [0.717, 1.165) is 6.42 Å². The number of Topliss-reactive ketones (excluding diaryl/α,β-unsaturated/α-hetero) is 1. The van der Waals surface area contributed by atoms with E-state index in [0.29, 0.717) is 10.6 Å². The Kier molecular flexibility index (Phi) is 5.51. The van der Waals surface area contributed by atoms with Crippen molar-refractivity contribution in [2.24, 2.45) is 0 Å². The van der Waals surface area contributed by atoms with Gasteiger partial charge >= 0.3 is 0 Å². The van der Waals surface area contributed by atoms with E-state index in [2.05, 4.69) is 6.92 Å². The van der Waals surface area contributed by atoms with Crippen LogP contribution < -0.4 is 4.74 Å². The maximum absolute atomic E-state index is 12.1. The van der Waals surface area contributed by atoms with E-state index in [4.69, 9.17) is 39.5 Å². The van der Waals surface area contributed by atoms with Crippen molar-refractivity contribution in [2.45, 2.75) is 13.3 Å². The Labute approximate surface area is 138 Å². The van der Waals surface area contributed by atoms with E-state index in [-0.39, 0.29) is 28.2 Å². The minimum atomic E-state index is -0.139. The first kappa shape index (κ1) is 16.2. The summed E-state index contributed by atoms with van der Waals surface area (Å²) in [6.07, 6.45) is 0.932. The van der Waals surface area contributed by atoms with Crippen molar-refractivity contribution in [1.29, 1.82) is 0 Å². The zero-order valence-corrected chi connectivity index (χ0v) is 13.6. The van der Waals surface area contributed by atoms with E-state index in [1.165, 1.54) is 17.7 Å². The quantitative estimate of drug-likeness (QED) is 0.673. The second kappa shape index (κ2) is 7.17. The molecule has 0 spiro atoms. The van der Waals surface area contributed by atoms with Crippen LogP contribution in [0.5, 0.6) is 5.75 Å². The smallest absolute Gasteiger partial charge is 0.200 e. The maximum Gasteiger partial charge on any atom is 0.200 e. The second-order valence-corrected chi connectivity index (χ2v) is 5.71. The monoisotopic (exact) mass is 342 g/mol. The number of ether oxygens (including phenoxy) is 1. The molecule has 0 N–H and O–H groups in total. The molecule has 110 valence electrons. The van der Waals surface area contributed by atoms with Crippen LogP contribution in [0.2, 0.25) is 15.1 Å². The van der Waals surface area contributed by atoms with Gasteiger partial charge in [0.05, 0.1) is 10.0 Å². The fourth-order valence-electron chi connectivity index (χ4n) is 1.81. The minimum Gasteiger partial charge on any atom is -0.482 e. The van der Waals surface area contributed by atoms with Gasteiger partial charge < -0.3 is 4.74 Å². The lowest BCUT2D eigenvalue weighted by molar-refractivity contribution is 0.0921. The van der Waals surface area contributed by atoms with E-state index in [1.807, 2.05) is 12.1 Å². The summed E-state index contributed by atoms with van der Waals surface area (Å²) in [5.41, 5.74) is 1.77. The molecule has 5 heteroatoms. The van der Waals surface area contributed by atoms with Gasteiger partial charge in [0, 0.05) is 10.6 Å². The first-order chi connectivity index (χ1) is 10.0. The molecule has 0 aliphatic rings. The fourth-order valence-corrected chi connectivity index (χ4v) is 2.74. The highest BCUT2D eigenvalue weighted by atomic mass is 35.5. The molecule has 0 bridgehead atoms. The van der Waals surface area contributed by atoms with Crippen molar-refractivity contribution < 1.29 is 9.53 Å². The van der Waals surface area contributed by atoms with Gasteiger partial charge in [0.25, 0.3) is 0 Å². The van der Waals surface area contributed by atoms with Crippen molar-refractivity contribution >= 4 is 40.6 Å². The van der Waals surface area contributed by atoms with Gasteiger partial charge in [-0.3, -0.25) is 4.79 Å². The molecule has 0 aliphatic carbocycles. The normalized spacial score (nSPS) is 10.5. The number of hydrogen-bond donors (Lipinski definition) is 0. The van der Waals surface area contributed by atoms with Crippen molar-refractivity contribution in [3.63, 3.8) is 0 Å². The van der Waals surface area contributed by atoms with E-state index in [9.17, 15) is 4.79 Å². The molecular weight excluding hydrogens is 331 g/mol. The lowest BCUT2D eigenvalue weighted by Crippen LogP contribution is -2.12. The number of benzene rings is 2. The third-order valence-electron chi connectivity index (χ3n) is 2.99. The third kappa shape index (κ3) is 4.13. The maximum atomic E-state index is 12.1. The van der Waals surface area contributed by atoms with Crippen LogP contribution in [0.25, 0.3) is 0 Å². The summed E-state index contributed by atoms with van der Waals surface area (Å²) >= 11 is 17.8. The zero-order chi connectivity index (χ0) is 15.4. The van der Waals surface area contributed by atoms with Gasteiger partial charge in [-0.05, 0) is 24.1 Å². The average molecular weight is 344 g/mol. The fraction of sp³-hybridized carbons (Fsp3) is 0.188. The molecule has 2 rings (SSSR count). The first-order valence-corrected chi connectivity index (χ1v) is 7.54. The summed E-state index contributed by atoms with van der Waals surface area (Å²) in [5, 5.41) is 0.974. The first-order valence-electron chi connectivity index (χ1n) is 6.40. The Morgan fingerprint density at radius 3 is 2.14 bits per heavy atom. The standard InChI is InChI=1S/C16H13Cl3O2/c1-2-10-3-5-11(6-4-10)15(20)9-21-16-13(18)7-12(17)8-14(16)19/h3-8H,2,9H2,1H3. The molecule has 21 heavy (non-hydrogen) atoms. The number of rotatable bonds is 5. The minimum absolute atomic E-state index is 0.132. The highest BCUT2D eigenvalue weighted by Gasteiger charge is 2.12. The topological polar surface area (TPSA) is 26.3 Å². The zero-order valence-electron chi connectivity index (χ0n) is 11.3. The van der Waals surface area contributed by atoms with Crippen molar-refractivity contribution in [1.82, 2.24) is 0 Å². The number of hydrogen-bond acceptors (Lipinski definition) is 2. The Balaban J connectivity index is 2.07. The Hall–Kier alpha value is -1.22. The van der Waals surface area contributed by atoms with Crippen molar-refractivity contribution in [2.75, 3.05) is 6.61 Å². The molecule has 2 aromatic carbocycles. The largest absolute Gasteiger partial charge is 0.482 e. The molecule has 0 radical (unpaired) electrons. The predicted molar refractivity (Wildman–Crippen MR) is 87.1 cm³/mol. The summed E-state index contributed by atoms with van der Waals surface area (Å²) in [6.45, 7) is 1.93. The van der Waals surface area contributed by atoms with Crippen LogP contribution in [0.3, 0.4) is 0 Å². The van der Waals surface area contributed by atoms with Crippen LogP contribution in [0.15, 0.2) is 36.4 Å². The Morgan fingerprint density at radius 1 is 1.05 bits per heavy atom. The van der Waals surface area contributed by atoms with Crippen LogP contribution >= 0.6 is 34.8 Å². The SMILES string of the molecule is CCc1ccc(C(=O)COc2c(Cl)cc(Cl)cc2Cl)cc1. The molecule has 0 atom stereocenters. The molecular formula is C16H13Cl3O2. The van der Waals surface area contributed by atoms with Crippen molar-refractivity contribution in [3.8, 4) is 5.75 Å². The van der Waals surface area contributed by atoms with Gasteiger partial charge in [-0.25, -0.2) is 0 Å². The number of halogens is 3. The molecule has 0 saturated heterocycles. The van der Waals surface area contributed by atoms with Gasteiger partial charge in [0.15, 0.2) is 18.1 Å². The molecule has 2 nitrogen and oxygen atoms in total. The summed E-state index contributed by atoms with van der Waals surface area (Å²) in [7, 11) is 0. The van der Waals surface area contributed by atoms with Crippen LogP contribution in [0.1, 0.15) is 22.8 Å². The molecule has 2 aromatic rings. The third-order valence-corrected chi connectivity index (χ3v) is 3.77. The molecule has 0 aliphatic heterocycles. The summed E-state index contributed by atoms with van der Waals surface area (Å²) in [4.78, 5) is 12.1. The number of aryl methyl sites for hydroxylation is 1. The van der Waals surface area contributed by atoms with E-state index >= 15 is 0 Å². The van der Waals surface area contributed by atoms with Crippen LogP contribution in [-0.2, 0) is 6.42 Å². The van der Waals surface area contributed by atoms with Gasteiger partial charge in [-0.2, -0.15) is 0 Å². The highest BCUT2D eigenvalue weighted by molar-refractivity contribution is 6.40. The lowest BCUT2D eigenvalue weighted by Gasteiger charge is -2.10. The van der Waals surface area contributed by atoms with Crippen LogP contribution in [0, 0.1) is 0 Å². The molecule has 0 unspecified atom stereocenters. The van der Waals surface area contributed by atoms with Gasteiger partial charge in [0.1, 0.15) is 0 Å². The number of carbonyl (C=O) groups is 1. The summed E-state index contributed by atoms with van der Waals surface area (Å²) in [5.74, 6) is 0.126. The molecule has 0 fully saturated rings. The lowest BCUT2D eigenvalue weighted by atomic mass is 10.1. The van der Waals surface area contributed by atoms with E-state index < -0.39 is 0 Å². The molecule has 0 aromatic heterocycles. The van der Waals surface area contributed by atoms with Gasteiger partial charge in [-0.1, -0.05) is 66.0 Å². The number of carbonyl (C=O) groups excluding carboxylic acids is 1. The van der Waals surface area contributed by atoms with Gasteiger partial charge in [-0.15, -0.1) is 0 Å². The Bertz CT molecular complexity index is 628. The number of ketones is 1.